The minimum atomic E-state index is -0.724. The van der Waals surface area contributed by atoms with Gasteiger partial charge < -0.3 is 29.2 Å². The van der Waals surface area contributed by atoms with Crippen molar-refractivity contribution in [1.82, 2.24) is 9.97 Å². The number of fused-ring (bicyclic) bond motifs is 2. The highest BCUT2D eigenvalue weighted by Gasteiger charge is 2.47. The Bertz CT molecular complexity index is 1290. The number of anilines is 1. The number of nitrogens with zero attached hydrogens (tertiary/aromatic N) is 3. The quantitative estimate of drug-likeness (QED) is 0.589. The van der Waals surface area contributed by atoms with Crippen molar-refractivity contribution in [2.45, 2.75) is 31.2 Å². The number of morpholine rings is 1. The molecule has 1 saturated carbocycles. The van der Waals surface area contributed by atoms with E-state index in [1.165, 1.54) is 18.2 Å². The molecule has 4 atom stereocenters. The molecule has 4 heterocycles. The van der Waals surface area contributed by atoms with E-state index in [1.807, 2.05) is 4.90 Å². The standard InChI is InChI=1S/C25H24F2N4O4/c26-16-9-13(31-5-7-33-8-6-31)10-17(27)22(16)18-2-3-19-23(29-18)15(11-28)25(30-19)35-21-4-1-14-20(32)12-34-24(14)21/h2-3,9-10,14,20-21,24,30,32H,1,4-8,12H2/t14?,20-,21-,24+/m1/s1. The third-order valence-electron chi connectivity index (χ3n) is 7.17. The summed E-state index contributed by atoms with van der Waals surface area (Å²) < 4.78 is 47.3. The van der Waals surface area contributed by atoms with Gasteiger partial charge in [-0.3, -0.25) is 0 Å². The van der Waals surface area contributed by atoms with E-state index in [2.05, 4.69) is 16.0 Å². The molecule has 1 unspecified atom stereocenters. The Morgan fingerprint density at radius 2 is 1.94 bits per heavy atom. The minimum Gasteiger partial charge on any atom is -0.472 e. The summed E-state index contributed by atoms with van der Waals surface area (Å²) in [5.74, 6) is -1.19. The van der Waals surface area contributed by atoms with Crippen LogP contribution in [-0.4, -0.2) is 66.3 Å². The van der Waals surface area contributed by atoms with E-state index in [1.54, 1.807) is 6.07 Å². The third kappa shape index (κ3) is 3.80. The van der Waals surface area contributed by atoms with E-state index in [-0.39, 0.29) is 53.0 Å². The van der Waals surface area contributed by atoms with Crippen LogP contribution in [0.15, 0.2) is 24.3 Å². The lowest BCUT2D eigenvalue weighted by Gasteiger charge is -2.29. The largest absolute Gasteiger partial charge is 0.472 e. The number of H-pyrrole nitrogens is 1. The summed E-state index contributed by atoms with van der Waals surface area (Å²) in [6.07, 6.45) is 0.423. The van der Waals surface area contributed by atoms with Crippen molar-refractivity contribution < 1.29 is 28.1 Å². The lowest BCUT2D eigenvalue weighted by molar-refractivity contribution is 0.0153. The molecule has 3 aromatic rings. The van der Waals surface area contributed by atoms with Crippen molar-refractivity contribution in [3.8, 4) is 23.2 Å². The first-order chi connectivity index (χ1) is 17.0. The van der Waals surface area contributed by atoms with Crippen LogP contribution in [0.25, 0.3) is 22.3 Å². The molecule has 2 aliphatic heterocycles. The Labute approximate surface area is 200 Å². The second kappa shape index (κ2) is 8.75. The van der Waals surface area contributed by atoms with Crippen molar-refractivity contribution in [3.05, 3.63) is 41.5 Å². The highest BCUT2D eigenvalue weighted by atomic mass is 19.1. The number of aromatic amines is 1. The number of aliphatic hydroxyl groups is 1. The van der Waals surface area contributed by atoms with Crippen LogP contribution < -0.4 is 9.64 Å². The molecule has 1 aromatic carbocycles. The molecule has 2 N–H and O–H groups in total. The summed E-state index contributed by atoms with van der Waals surface area (Å²) in [5.41, 5.74) is 1.26. The Hall–Kier alpha value is -3.26. The SMILES string of the molecule is N#Cc1c(O[C@@H]2CCC3[C@H](O)CO[C@@H]32)[nH]c2ccc(-c3c(F)cc(N4CCOCC4)cc3F)nc12. The van der Waals surface area contributed by atoms with E-state index >= 15 is 8.78 Å². The molecule has 6 rings (SSSR count). The van der Waals surface area contributed by atoms with Crippen LogP contribution in [0.2, 0.25) is 0 Å². The number of benzene rings is 1. The highest BCUT2D eigenvalue weighted by Crippen LogP contribution is 2.40. The monoisotopic (exact) mass is 482 g/mol. The van der Waals surface area contributed by atoms with Gasteiger partial charge in [0.1, 0.15) is 34.9 Å². The van der Waals surface area contributed by atoms with Crippen LogP contribution >= 0.6 is 0 Å². The van der Waals surface area contributed by atoms with Crippen LogP contribution in [0.1, 0.15) is 18.4 Å². The summed E-state index contributed by atoms with van der Waals surface area (Å²) in [5, 5.41) is 19.9. The number of hydrogen-bond acceptors (Lipinski definition) is 7. The van der Waals surface area contributed by atoms with Crippen LogP contribution in [0.4, 0.5) is 14.5 Å². The summed E-state index contributed by atoms with van der Waals surface area (Å²) >= 11 is 0. The van der Waals surface area contributed by atoms with Gasteiger partial charge in [-0.15, -0.1) is 0 Å². The first kappa shape index (κ1) is 22.2. The molecule has 182 valence electrons. The fourth-order valence-corrected chi connectivity index (χ4v) is 5.40. The number of hydrogen-bond donors (Lipinski definition) is 2. The summed E-state index contributed by atoms with van der Waals surface area (Å²) in [6, 6.07) is 7.86. The number of nitriles is 1. The van der Waals surface area contributed by atoms with Gasteiger partial charge in [0.2, 0.25) is 5.88 Å². The average molecular weight is 482 g/mol. The van der Waals surface area contributed by atoms with E-state index in [0.29, 0.717) is 43.9 Å². The fraction of sp³-hybridized carbons (Fsp3) is 0.440. The molecule has 8 nitrogen and oxygen atoms in total. The topological polar surface area (TPSA) is 104 Å². The Morgan fingerprint density at radius 1 is 1.17 bits per heavy atom. The zero-order valence-corrected chi connectivity index (χ0v) is 18.8. The lowest BCUT2D eigenvalue weighted by Crippen LogP contribution is -2.36. The lowest BCUT2D eigenvalue weighted by atomic mass is 10.0. The number of aromatic nitrogens is 2. The molecular formula is C25H24F2N4O4. The molecule has 2 aromatic heterocycles. The normalized spacial score (nSPS) is 26.2. The zero-order chi connectivity index (χ0) is 24.1. The molecule has 10 heteroatoms. The zero-order valence-electron chi connectivity index (χ0n) is 18.8. The van der Waals surface area contributed by atoms with Crippen molar-refractivity contribution in [1.29, 1.82) is 5.26 Å². The molecule has 0 bridgehead atoms. The van der Waals surface area contributed by atoms with Gasteiger partial charge in [0.25, 0.3) is 0 Å². The summed E-state index contributed by atoms with van der Waals surface area (Å²) in [7, 11) is 0. The molecular weight excluding hydrogens is 458 g/mol. The molecule has 2 saturated heterocycles. The summed E-state index contributed by atoms with van der Waals surface area (Å²) in [6.45, 7) is 2.42. The Balaban J connectivity index is 1.32. The predicted octanol–water partition coefficient (Wildman–Crippen LogP) is 3.13. The second-order valence-corrected chi connectivity index (χ2v) is 9.18. The number of ether oxygens (including phenoxy) is 3. The van der Waals surface area contributed by atoms with Crippen molar-refractivity contribution >= 4 is 16.7 Å². The maximum atomic E-state index is 15.1. The van der Waals surface area contributed by atoms with Crippen molar-refractivity contribution in [3.63, 3.8) is 0 Å². The maximum absolute atomic E-state index is 15.1. The van der Waals surface area contributed by atoms with Gasteiger partial charge in [0.05, 0.1) is 48.8 Å². The van der Waals surface area contributed by atoms with E-state index in [4.69, 9.17) is 14.2 Å². The average Bonchev–Trinajstić information content (AvgIpc) is 3.54. The van der Waals surface area contributed by atoms with Gasteiger partial charge in [-0.1, -0.05) is 0 Å². The molecule has 3 fully saturated rings. The van der Waals surface area contributed by atoms with Gasteiger partial charge in [-0.05, 0) is 37.1 Å². The fourth-order valence-electron chi connectivity index (χ4n) is 5.40. The van der Waals surface area contributed by atoms with Gasteiger partial charge in [-0.25, -0.2) is 13.8 Å². The highest BCUT2D eigenvalue weighted by molar-refractivity contribution is 5.87. The van der Waals surface area contributed by atoms with Gasteiger partial charge in [0, 0.05) is 24.7 Å². The number of halogens is 2. The smallest absolute Gasteiger partial charge is 0.212 e. The van der Waals surface area contributed by atoms with Gasteiger partial charge in [-0.2, -0.15) is 5.26 Å². The molecule has 0 radical (unpaired) electrons. The molecule has 0 amide bonds. The maximum Gasteiger partial charge on any atom is 0.212 e. The minimum absolute atomic E-state index is 0.0195. The van der Waals surface area contributed by atoms with E-state index in [0.717, 1.165) is 6.42 Å². The third-order valence-corrected chi connectivity index (χ3v) is 7.17. The molecule has 3 aliphatic rings. The Morgan fingerprint density at radius 3 is 2.69 bits per heavy atom. The van der Waals surface area contributed by atoms with Crippen LogP contribution in [0, 0.1) is 28.9 Å². The van der Waals surface area contributed by atoms with Crippen LogP contribution in [0.3, 0.4) is 0 Å². The predicted molar refractivity (Wildman–Crippen MR) is 122 cm³/mol. The first-order valence-electron chi connectivity index (χ1n) is 11.7. The van der Waals surface area contributed by atoms with E-state index in [9.17, 15) is 10.4 Å². The number of aliphatic hydroxyl groups excluding tert-OH is 1. The number of pyridine rings is 1. The number of nitrogens with one attached hydrogen (secondary N) is 1. The molecule has 0 spiro atoms. The first-order valence-corrected chi connectivity index (χ1v) is 11.7. The van der Waals surface area contributed by atoms with E-state index < -0.39 is 17.7 Å². The number of rotatable bonds is 4. The van der Waals surface area contributed by atoms with Gasteiger partial charge in [0.15, 0.2) is 0 Å². The Kier molecular flexibility index (Phi) is 5.56. The van der Waals surface area contributed by atoms with Crippen LogP contribution in [0.5, 0.6) is 5.88 Å². The van der Waals surface area contributed by atoms with Gasteiger partial charge >= 0.3 is 0 Å². The molecule has 1 aliphatic carbocycles. The molecule has 35 heavy (non-hydrogen) atoms. The van der Waals surface area contributed by atoms with Crippen molar-refractivity contribution in [2.75, 3.05) is 37.8 Å². The van der Waals surface area contributed by atoms with Crippen molar-refractivity contribution in [2.24, 2.45) is 5.92 Å². The van der Waals surface area contributed by atoms with Crippen LogP contribution in [-0.2, 0) is 9.47 Å². The summed E-state index contributed by atoms with van der Waals surface area (Å²) in [4.78, 5) is 9.37. The second-order valence-electron chi connectivity index (χ2n) is 9.18.